The molecule has 1 saturated heterocycles. The summed E-state index contributed by atoms with van der Waals surface area (Å²) < 4.78 is 27.3. The first-order chi connectivity index (χ1) is 14.4. The van der Waals surface area contributed by atoms with Crippen LogP contribution in [0.5, 0.6) is 0 Å². The summed E-state index contributed by atoms with van der Waals surface area (Å²) in [5.74, 6) is -0.371. The molecule has 1 amide bonds. The number of carbonyl (C=O) groups is 1. The maximum Gasteiger partial charge on any atom is 0.252 e. The molecule has 0 spiro atoms. The predicted molar refractivity (Wildman–Crippen MR) is 119 cm³/mol. The van der Waals surface area contributed by atoms with E-state index < -0.39 is 10.0 Å². The lowest BCUT2D eigenvalue weighted by molar-refractivity contribution is 0.0949. The third kappa shape index (κ3) is 5.82. The van der Waals surface area contributed by atoms with Gasteiger partial charge in [-0.15, -0.1) is 0 Å². The smallest absolute Gasteiger partial charge is 0.252 e. The highest BCUT2D eigenvalue weighted by Crippen LogP contribution is 2.25. The van der Waals surface area contributed by atoms with Crippen LogP contribution in [-0.2, 0) is 16.6 Å². The van der Waals surface area contributed by atoms with Gasteiger partial charge in [-0.05, 0) is 43.7 Å². The van der Waals surface area contributed by atoms with Crippen molar-refractivity contribution in [2.75, 3.05) is 33.2 Å². The molecule has 162 valence electrons. The van der Waals surface area contributed by atoms with Crippen molar-refractivity contribution in [3.63, 3.8) is 0 Å². The van der Waals surface area contributed by atoms with E-state index in [0.29, 0.717) is 26.2 Å². The summed E-state index contributed by atoms with van der Waals surface area (Å²) in [6.45, 7) is 2.90. The summed E-state index contributed by atoms with van der Waals surface area (Å²) >= 11 is 6.20. The first kappa shape index (κ1) is 22.7. The van der Waals surface area contributed by atoms with Crippen LogP contribution in [0.4, 0.5) is 0 Å². The lowest BCUT2D eigenvalue weighted by Gasteiger charge is -2.26. The van der Waals surface area contributed by atoms with Gasteiger partial charge < -0.3 is 10.2 Å². The zero-order valence-electron chi connectivity index (χ0n) is 17.2. The van der Waals surface area contributed by atoms with Crippen LogP contribution in [0.3, 0.4) is 0 Å². The molecule has 0 radical (unpaired) electrons. The zero-order chi connectivity index (χ0) is 21.6. The summed E-state index contributed by atoms with van der Waals surface area (Å²) in [6.07, 6.45) is 2.76. The van der Waals surface area contributed by atoms with E-state index in [1.54, 1.807) is 0 Å². The number of benzene rings is 2. The minimum absolute atomic E-state index is 0.111. The maximum absolute atomic E-state index is 12.9. The number of piperidine rings is 1. The van der Waals surface area contributed by atoms with E-state index in [9.17, 15) is 13.2 Å². The number of nitrogens with one attached hydrogen (secondary N) is 1. The topological polar surface area (TPSA) is 69.7 Å². The van der Waals surface area contributed by atoms with Gasteiger partial charge in [0.2, 0.25) is 10.0 Å². The number of sulfonamides is 1. The van der Waals surface area contributed by atoms with E-state index in [-0.39, 0.29) is 21.4 Å². The van der Waals surface area contributed by atoms with Gasteiger partial charge in [0.05, 0.1) is 15.5 Å². The Bertz CT molecular complexity index is 961. The van der Waals surface area contributed by atoms with Gasteiger partial charge in [-0.3, -0.25) is 4.79 Å². The van der Waals surface area contributed by atoms with Crippen molar-refractivity contribution < 1.29 is 13.2 Å². The predicted octanol–water partition coefficient (Wildman–Crippen LogP) is 3.38. The van der Waals surface area contributed by atoms with Crippen molar-refractivity contribution in [2.24, 2.45) is 0 Å². The number of hydrogen-bond acceptors (Lipinski definition) is 4. The van der Waals surface area contributed by atoms with Crippen LogP contribution >= 0.6 is 11.6 Å². The number of rotatable bonds is 8. The van der Waals surface area contributed by atoms with Crippen molar-refractivity contribution in [1.82, 2.24) is 14.5 Å². The van der Waals surface area contributed by atoms with Gasteiger partial charge in [-0.25, -0.2) is 8.42 Å². The molecule has 1 aliphatic rings. The Morgan fingerprint density at radius 1 is 1.10 bits per heavy atom. The van der Waals surface area contributed by atoms with Crippen LogP contribution in [0.15, 0.2) is 53.4 Å². The first-order valence-electron chi connectivity index (χ1n) is 10.2. The van der Waals surface area contributed by atoms with Gasteiger partial charge in [-0.1, -0.05) is 48.4 Å². The van der Waals surface area contributed by atoms with E-state index >= 15 is 0 Å². The Labute approximate surface area is 183 Å². The minimum atomic E-state index is -3.62. The Balaban J connectivity index is 1.61. The van der Waals surface area contributed by atoms with E-state index in [1.807, 2.05) is 25.2 Å². The van der Waals surface area contributed by atoms with E-state index in [2.05, 4.69) is 22.3 Å². The molecule has 1 fully saturated rings. The van der Waals surface area contributed by atoms with E-state index in [1.165, 1.54) is 28.1 Å². The highest BCUT2D eigenvalue weighted by atomic mass is 35.5. The summed E-state index contributed by atoms with van der Waals surface area (Å²) in [7, 11) is -1.63. The molecule has 0 atom stereocenters. The molecule has 8 heteroatoms. The van der Waals surface area contributed by atoms with E-state index in [0.717, 1.165) is 25.8 Å². The third-order valence-corrected chi connectivity index (χ3v) is 7.43. The lowest BCUT2D eigenvalue weighted by atomic mass is 10.2. The van der Waals surface area contributed by atoms with Crippen LogP contribution in [0.2, 0.25) is 5.02 Å². The monoisotopic (exact) mass is 449 g/mol. The fourth-order valence-corrected chi connectivity index (χ4v) is 5.27. The Morgan fingerprint density at radius 3 is 2.50 bits per heavy atom. The van der Waals surface area contributed by atoms with Crippen molar-refractivity contribution in [1.29, 1.82) is 0 Å². The van der Waals surface area contributed by atoms with Crippen molar-refractivity contribution in [3.05, 3.63) is 64.7 Å². The number of hydrogen-bond donors (Lipinski definition) is 1. The lowest BCUT2D eigenvalue weighted by Crippen LogP contribution is -2.36. The van der Waals surface area contributed by atoms with Crippen LogP contribution < -0.4 is 5.32 Å². The fraction of sp³-hybridized carbons (Fsp3) is 0.409. The van der Waals surface area contributed by atoms with Gasteiger partial charge >= 0.3 is 0 Å². The Kier molecular flexibility index (Phi) is 7.88. The highest BCUT2D eigenvalue weighted by molar-refractivity contribution is 7.89. The van der Waals surface area contributed by atoms with Crippen LogP contribution in [-0.4, -0.2) is 56.8 Å². The van der Waals surface area contributed by atoms with Gasteiger partial charge in [-0.2, -0.15) is 4.31 Å². The summed E-state index contributed by atoms with van der Waals surface area (Å²) in [5.41, 5.74) is 1.38. The zero-order valence-corrected chi connectivity index (χ0v) is 18.8. The average Bonchev–Trinajstić information content (AvgIpc) is 2.75. The molecule has 30 heavy (non-hydrogen) atoms. The SMILES string of the molecule is CN(CCNC(=O)c1cc(S(=O)(=O)N2CCCCC2)ccc1Cl)Cc1ccccc1. The largest absolute Gasteiger partial charge is 0.351 e. The summed E-state index contributed by atoms with van der Waals surface area (Å²) in [4.78, 5) is 14.9. The second-order valence-corrected chi connectivity index (χ2v) is 9.93. The molecule has 2 aromatic carbocycles. The standard InChI is InChI=1S/C22H28ClN3O3S/c1-25(17-18-8-4-2-5-9-18)15-12-24-22(27)20-16-19(10-11-21(20)23)30(28,29)26-13-6-3-7-14-26/h2,4-5,8-11,16H,3,6-7,12-15,17H2,1H3,(H,24,27). The summed E-state index contributed by atoms with van der Waals surface area (Å²) in [6, 6.07) is 14.4. The summed E-state index contributed by atoms with van der Waals surface area (Å²) in [5, 5.41) is 3.08. The van der Waals surface area contributed by atoms with Gasteiger partial charge in [0.25, 0.3) is 5.91 Å². The molecule has 1 aliphatic heterocycles. The second kappa shape index (κ2) is 10.4. The molecule has 2 aromatic rings. The molecule has 1 heterocycles. The molecular weight excluding hydrogens is 422 g/mol. The highest BCUT2D eigenvalue weighted by Gasteiger charge is 2.27. The van der Waals surface area contributed by atoms with Crippen molar-refractivity contribution in [3.8, 4) is 0 Å². The van der Waals surface area contributed by atoms with Crippen molar-refractivity contribution >= 4 is 27.5 Å². The van der Waals surface area contributed by atoms with Gasteiger partial charge in [0.15, 0.2) is 0 Å². The molecule has 3 rings (SSSR count). The molecule has 0 unspecified atom stereocenters. The maximum atomic E-state index is 12.9. The number of nitrogens with zero attached hydrogens (tertiary/aromatic N) is 2. The van der Waals surface area contributed by atoms with Gasteiger partial charge in [0, 0.05) is 32.7 Å². The number of amides is 1. The Morgan fingerprint density at radius 2 is 1.80 bits per heavy atom. The van der Waals surface area contributed by atoms with E-state index in [4.69, 9.17) is 11.6 Å². The Hall–Kier alpha value is -1.93. The van der Waals surface area contributed by atoms with Crippen LogP contribution in [0, 0.1) is 0 Å². The van der Waals surface area contributed by atoms with Crippen LogP contribution in [0.1, 0.15) is 35.2 Å². The fourth-order valence-electron chi connectivity index (χ4n) is 3.52. The molecule has 6 nitrogen and oxygen atoms in total. The molecular formula is C22H28ClN3O3S. The number of carbonyl (C=O) groups excluding carboxylic acids is 1. The number of halogens is 1. The molecule has 0 bridgehead atoms. The quantitative estimate of drug-likeness (QED) is 0.670. The van der Waals surface area contributed by atoms with Crippen LogP contribution in [0.25, 0.3) is 0 Å². The van der Waals surface area contributed by atoms with Gasteiger partial charge in [0.1, 0.15) is 0 Å². The molecule has 0 saturated carbocycles. The minimum Gasteiger partial charge on any atom is -0.351 e. The third-order valence-electron chi connectivity index (χ3n) is 5.21. The van der Waals surface area contributed by atoms with Crippen molar-refractivity contribution in [2.45, 2.75) is 30.7 Å². The first-order valence-corrected chi connectivity index (χ1v) is 12.0. The second-order valence-electron chi connectivity index (χ2n) is 7.59. The number of likely N-dealkylation sites (N-methyl/N-ethyl adjacent to an activating group) is 1. The normalized spacial score (nSPS) is 15.3. The molecule has 0 aromatic heterocycles. The molecule has 1 N–H and O–H groups in total. The average molecular weight is 450 g/mol. The molecule has 0 aliphatic carbocycles.